The van der Waals surface area contributed by atoms with Crippen LogP contribution in [0.4, 0.5) is 0 Å². The van der Waals surface area contributed by atoms with Crippen LogP contribution in [-0.4, -0.2) is 33.8 Å². The third-order valence-corrected chi connectivity index (χ3v) is 5.45. The van der Waals surface area contributed by atoms with E-state index in [9.17, 15) is 14.4 Å². The van der Waals surface area contributed by atoms with E-state index in [1.165, 1.54) is 11.1 Å². The molecule has 150 valence electrons. The molecule has 3 rings (SSSR count). The van der Waals surface area contributed by atoms with Gasteiger partial charge in [0.25, 0.3) is 11.5 Å². The number of aromatic nitrogens is 2. The molecular weight excluding hydrogens is 358 g/mol. The fraction of sp³-hybridized carbons (Fsp3) is 0.524. The van der Waals surface area contributed by atoms with Crippen LogP contribution in [0.2, 0.25) is 0 Å². The number of rotatable bonds is 5. The van der Waals surface area contributed by atoms with Gasteiger partial charge in [-0.25, -0.2) is 9.48 Å². The van der Waals surface area contributed by atoms with Gasteiger partial charge in [0.1, 0.15) is 0 Å². The summed E-state index contributed by atoms with van der Waals surface area (Å²) < 4.78 is 6.62. The van der Waals surface area contributed by atoms with E-state index in [1.807, 2.05) is 0 Å². The third-order valence-electron chi connectivity index (χ3n) is 5.45. The van der Waals surface area contributed by atoms with Gasteiger partial charge >= 0.3 is 5.97 Å². The summed E-state index contributed by atoms with van der Waals surface area (Å²) in [6.07, 6.45) is 3.38. The minimum atomic E-state index is -0.941. The second-order valence-electron chi connectivity index (χ2n) is 7.44. The number of carbonyl (C=O) groups is 2. The zero-order valence-electron chi connectivity index (χ0n) is 16.6. The van der Waals surface area contributed by atoms with Crippen molar-refractivity contribution in [1.82, 2.24) is 15.1 Å². The van der Waals surface area contributed by atoms with Crippen LogP contribution in [0, 0.1) is 5.92 Å². The fourth-order valence-electron chi connectivity index (χ4n) is 3.70. The molecule has 3 atom stereocenters. The first-order valence-electron chi connectivity index (χ1n) is 9.93. The number of carbonyl (C=O) groups excluding carboxylic acids is 2. The van der Waals surface area contributed by atoms with Gasteiger partial charge in [-0.05, 0) is 38.7 Å². The zero-order valence-corrected chi connectivity index (χ0v) is 16.6. The summed E-state index contributed by atoms with van der Waals surface area (Å²) in [6.45, 7) is 5.79. The fourth-order valence-corrected chi connectivity index (χ4v) is 3.70. The first kappa shape index (κ1) is 20.0. The quantitative estimate of drug-likeness (QED) is 0.799. The predicted molar refractivity (Wildman–Crippen MR) is 106 cm³/mol. The monoisotopic (exact) mass is 385 g/mol. The number of nitrogens with one attached hydrogen (secondary N) is 1. The molecule has 1 aliphatic rings. The second-order valence-corrected chi connectivity index (χ2v) is 7.44. The molecule has 1 aromatic heterocycles. The van der Waals surface area contributed by atoms with Crippen LogP contribution in [0.3, 0.4) is 0 Å². The Balaban J connectivity index is 1.78. The highest BCUT2D eigenvalue weighted by Gasteiger charge is 2.27. The number of hydrogen-bond acceptors (Lipinski definition) is 5. The summed E-state index contributed by atoms with van der Waals surface area (Å²) in [5.74, 6) is -0.600. The molecule has 1 heterocycles. The van der Waals surface area contributed by atoms with Crippen LogP contribution in [0.25, 0.3) is 10.8 Å². The first-order chi connectivity index (χ1) is 13.4. The van der Waals surface area contributed by atoms with Crippen LogP contribution in [0.15, 0.2) is 29.1 Å². The van der Waals surface area contributed by atoms with Crippen molar-refractivity contribution in [3.05, 3.63) is 40.3 Å². The smallest absolute Gasteiger partial charge is 0.360 e. The highest BCUT2D eigenvalue weighted by molar-refractivity contribution is 6.02. The van der Waals surface area contributed by atoms with Crippen LogP contribution in [-0.2, 0) is 16.1 Å². The predicted octanol–water partition coefficient (Wildman–Crippen LogP) is 2.66. The second kappa shape index (κ2) is 8.54. The van der Waals surface area contributed by atoms with Crippen LogP contribution < -0.4 is 10.9 Å². The van der Waals surface area contributed by atoms with Gasteiger partial charge in [-0.2, -0.15) is 5.10 Å². The maximum Gasteiger partial charge on any atom is 0.360 e. The topological polar surface area (TPSA) is 90.3 Å². The van der Waals surface area contributed by atoms with E-state index < -0.39 is 12.1 Å². The number of hydrogen-bond donors (Lipinski definition) is 1. The normalized spacial score (nSPS) is 20.5. The average Bonchev–Trinajstić information content (AvgIpc) is 2.70. The summed E-state index contributed by atoms with van der Waals surface area (Å²) in [7, 11) is 0. The van der Waals surface area contributed by atoms with Crippen molar-refractivity contribution in [2.24, 2.45) is 5.92 Å². The number of aryl methyl sites for hydroxylation is 1. The van der Waals surface area contributed by atoms with E-state index in [1.54, 1.807) is 38.1 Å². The minimum Gasteiger partial charge on any atom is -0.448 e. The zero-order chi connectivity index (χ0) is 20.3. The summed E-state index contributed by atoms with van der Waals surface area (Å²) in [4.78, 5) is 37.6. The van der Waals surface area contributed by atoms with Gasteiger partial charge in [-0.3, -0.25) is 9.59 Å². The maximum atomic E-state index is 12.7. The van der Waals surface area contributed by atoms with Gasteiger partial charge in [-0.15, -0.1) is 0 Å². The lowest BCUT2D eigenvalue weighted by atomic mass is 9.86. The summed E-state index contributed by atoms with van der Waals surface area (Å²) >= 11 is 0. The number of amides is 1. The molecule has 0 spiro atoms. The average molecular weight is 385 g/mol. The Morgan fingerprint density at radius 3 is 2.61 bits per heavy atom. The van der Waals surface area contributed by atoms with Gasteiger partial charge in [0.2, 0.25) is 0 Å². The van der Waals surface area contributed by atoms with Crippen molar-refractivity contribution < 1.29 is 14.3 Å². The lowest BCUT2D eigenvalue weighted by Crippen LogP contribution is -2.46. The number of ether oxygens (including phenoxy) is 1. The molecule has 0 radical (unpaired) electrons. The van der Waals surface area contributed by atoms with Crippen molar-refractivity contribution in [2.75, 3.05) is 0 Å². The van der Waals surface area contributed by atoms with Crippen molar-refractivity contribution in [1.29, 1.82) is 0 Å². The Kier molecular flexibility index (Phi) is 6.11. The van der Waals surface area contributed by atoms with Crippen LogP contribution in [0.5, 0.6) is 0 Å². The molecule has 7 nitrogen and oxygen atoms in total. The summed E-state index contributed by atoms with van der Waals surface area (Å²) in [5, 5.41) is 7.99. The molecule has 0 aliphatic heterocycles. The Morgan fingerprint density at radius 2 is 1.93 bits per heavy atom. The molecule has 0 unspecified atom stereocenters. The molecule has 1 aliphatic carbocycles. The lowest BCUT2D eigenvalue weighted by Gasteiger charge is -2.30. The van der Waals surface area contributed by atoms with Gasteiger partial charge in [0.15, 0.2) is 11.8 Å². The van der Waals surface area contributed by atoms with Gasteiger partial charge < -0.3 is 10.1 Å². The highest BCUT2D eigenvalue weighted by atomic mass is 16.5. The molecule has 2 aromatic rings. The Hall–Kier alpha value is -2.70. The maximum absolute atomic E-state index is 12.7. The van der Waals surface area contributed by atoms with E-state index in [0.29, 0.717) is 23.2 Å². The first-order valence-corrected chi connectivity index (χ1v) is 9.93. The van der Waals surface area contributed by atoms with Gasteiger partial charge in [0, 0.05) is 18.0 Å². The molecule has 1 saturated carbocycles. The summed E-state index contributed by atoms with van der Waals surface area (Å²) in [6, 6.07) is 6.90. The standard InChI is InChI=1S/C21H27N3O4/c1-4-24-20(26)16-11-7-6-10-15(16)18(23-24)21(27)28-14(3)19(25)22-17-12-8-5-9-13(17)2/h6-7,10-11,13-14,17H,4-5,8-9,12H2,1-3H3,(H,22,25)/t13-,14-,17-/m0/s1. The molecule has 1 amide bonds. The van der Waals surface area contributed by atoms with Gasteiger partial charge in [-0.1, -0.05) is 38.0 Å². The SMILES string of the molecule is CCn1nc(C(=O)O[C@@H](C)C(=O)N[C@H]2CCCC[C@@H]2C)c2ccccc2c1=O. The lowest BCUT2D eigenvalue weighted by molar-refractivity contribution is -0.130. The molecule has 1 fully saturated rings. The highest BCUT2D eigenvalue weighted by Crippen LogP contribution is 2.24. The van der Waals surface area contributed by atoms with E-state index in [4.69, 9.17) is 4.74 Å². The van der Waals surface area contributed by atoms with E-state index >= 15 is 0 Å². The molecule has 1 N–H and O–H groups in total. The Labute approximate surface area is 164 Å². The molecule has 1 aromatic carbocycles. The van der Waals surface area contributed by atoms with Crippen molar-refractivity contribution in [3.8, 4) is 0 Å². The van der Waals surface area contributed by atoms with Crippen LogP contribution in [0.1, 0.15) is 56.9 Å². The molecule has 28 heavy (non-hydrogen) atoms. The molecule has 0 saturated heterocycles. The minimum absolute atomic E-state index is 0.0442. The Morgan fingerprint density at radius 1 is 1.25 bits per heavy atom. The molecular formula is C21H27N3O4. The summed E-state index contributed by atoms with van der Waals surface area (Å²) in [5.41, 5.74) is -0.213. The number of benzene rings is 1. The van der Waals surface area contributed by atoms with Crippen molar-refractivity contribution in [2.45, 2.75) is 65.1 Å². The molecule has 7 heteroatoms. The number of fused-ring (bicyclic) bond motifs is 1. The molecule has 0 bridgehead atoms. The number of nitrogens with zero attached hydrogens (tertiary/aromatic N) is 2. The van der Waals surface area contributed by atoms with E-state index in [2.05, 4.69) is 17.3 Å². The van der Waals surface area contributed by atoms with Crippen molar-refractivity contribution >= 4 is 22.6 Å². The van der Waals surface area contributed by atoms with Crippen molar-refractivity contribution in [3.63, 3.8) is 0 Å². The number of esters is 1. The van der Waals surface area contributed by atoms with Gasteiger partial charge in [0.05, 0.1) is 5.39 Å². The van der Waals surface area contributed by atoms with E-state index in [-0.39, 0.29) is 23.2 Å². The Bertz CT molecular complexity index is 937. The van der Waals surface area contributed by atoms with Crippen LogP contribution >= 0.6 is 0 Å². The van der Waals surface area contributed by atoms with E-state index in [0.717, 1.165) is 19.3 Å². The largest absolute Gasteiger partial charge is 0.448 e. The third kappa shape index (κ3) is 4.08.